The normalized spacial score (nSPS) is 11.3. The molecule has 3 aromatic heterocycles. The van der Waals surface area contributed by atoms with Crippen LogP contribution in [0.1, 0.15) is 11.3 Å². The summed E-state index contributed by atoms with van der Waals surface area (Å²) in [6.07, 6.45) is 1.77. The van der Waals surface area contributed by atoms with Crippen molar-refractivity contribution in [1.82, 2.24) is 29.6 Å². The van der Waals surface area contributed by atoms with Crippen LogP contribution in [0.3, 0.4) is 0 Å². The zero-order chi connectivity index (χ0) is 20.7. The number of hydrogen-bond donors (Lipinski definition) is 0. The highest BCUT2D eigenvalue weighted by molar-refractivity contribution is 5.85. The van der Waals surface area contributed by atoms with E-state index in [1.807, 2.05) is 61.5 Å². The van der Waals surface area contributed by atoms with Crippen molar-refractivity contribution in [1.29, 1.82) is 0 Å². The van der Waals surface area contributed by atoms with E-state index < -0.39 is 5.97 Å². The molecule has 0 saturated heterocycles. The Kier molecular flexibility index (Phi) is 4.24. The van der Waals surface area contributed by atoms with Crippen LogP contribution in [0.4, 0.5) is 0 Å². The quantitative estimate of drug-likeness (QED) is 0.432. The molecule has 30 heavy (non-hydrogen) atoms. The number of carbonyl (C=O) groups excluding carboxylic acids is 1. The summed E-state index contributed by atoms with van der Waals surface area (Å²) in [7, 11) is 1.35. The zero-order valence-corrected chi connectivity index (χ0v) is 16.5. The highest BCUT2D eigenvalue weighted by Gasteiger charge is 2.22. The third-order valence-electron chi connectivity index (χ3n) is 5.00. The first-order valence-electron chi connectivity index (χ1n) is 9.47. The molecule has 2 aromatic carbocycles. The highest BCUT2D eigenvalue weighted by Crippen LogP contribution is 2.27. The Morgan fingerprint density at radius 1 is 1.03 bits per heavy atom. The van der Waals surface area contributed by atoms with E-state index in [1.54, 1.807) is 15.4 Å². The smallest absolute Gasteiger partial charge is 0.311 e. The summed E-state index contributed by atoms with van der Waals surface area (Å²) in [4.78, 5) is 11.9. The number of rotatable bonds is 4. The van der Waals surface area contributed by atoms with Gasteiger partial charge in [0.25, 0.3) is 0 Å². The average Bonchev–Trinajstić information content (AvgIpc) is 3.36. The molecule has 5 rings (SSSR count). The van der Waals surface area contributed by atoms with Gasteiger partial charge in [-0.1, -0.05) is 48.0 Å². The van der Waals surface area contributed by atoms with Gasteiger partial charge in [-0.05, 0) is 24.6 Å². The molecule has 0 aliphatic rings. The van der Waals surface area contributed by atoms with E-state index in [1.165, 1.54) is 12.7 Å². The number of aromatic nitrogens is 6. The largest absolute Gasteiger partial charge is 0.469 e. The lowest BCUT2D eigenvalue weighted by Gasteiger charge is -2.04. The molecule has 8 heteroatoms. The summed E-state index contributed by atoms with van der Waals surface area (Å²) in [6.45, 7) is 2.05. The molecule has 0 amide bonds. The molecule has 0 unspecified atom stereocenters. The number of methoxy groups -OCH3 is 1. The summed E-state index contributed by atoms with van der Waals surface area (Å²) >= 11 is 0. The van der Waals surface area contributed by atoms with Crippen LogP contribution in [0.25, 0.3) is 33.6 Å². The minimum Gasteiger partial charge on any atom is -0.469 e. The molecular weight excluding hydrogens is 380 g/mol. The Balaban J connectivity index is 1.78. The topological polar surface area (TPSA) is 87.2 Å². The molecular formula is C22H18N6O2. The van der Waals surface area contributed by atoms with Crippen LogP contribution in [-0.4, -0.2) is 42.7 Å². The van der Waals surface area contributed by atoms with Crippen molar-refractivity contribution in [2.75, 3.05) is 7.11 Å². The van der Waals surface area contributed by atoms with Gasteiger partial charge in [0.15, 0.2) is 16.8 Å². The summed E-state index contributed by atoms with van der Waals surface area (Å²) in [5.74, 6) is -0.391. The van der Waals surface area contributed by atoms with Crippen LogP contribution in [0, 0.1) is 6.92 Å². The lowest BCUT2D eigenvalue weighted by molar-refractivity contribution is -0.139. The standard InChI is InChI=1S/C22H18N6O2/c1-14-8-10-15(11-9-14)17-13-23-28-21(17)25-24-20-18(12-19(29)30-2)26-27(22(20)28)16-6-4-3-5-7-16/h3-11,13H,12H2,1-2H3. The van der Waals surface area contributed by atoms with Crippen LogP contribution in [-0.2, 0) is 16.0 Å². The molecule has 0 N–H and O–H groups in total. The fourth-order valence-corrected chi connectivity index (χ4v) is 3.44. The van der Waals surface area contributed by atoms with E-state index in [2.05, 4.69) is 20.4 Å². The van der Waals surface area contributed by atoms with Crippen molar-refractivity contribution in [3.8, 4) is 16.8 Å². The van der Waals surface area contributed by atoms with Gasteiger partial charge in [0, 0.05) is 5.56 Å². The van der Waals surface area contributed by atoms with Gasteiger partial charge in [0.05, 0.1) is 25.4 Å². The van der Waals surface area contributed by atoms with Gasteiger partial charge in [-0.15, -0.1) is 10.2 Å². The van der Waals surface area contributed by atoms with E-state index in [9.17, 15) is 4.79 Å². The molecule has 0 radical (unpaired) electrons. The number of nitrogens with zero attached hydrogens (tertiary/aromatic N) is 6. The molecule has 0 fully saturated rings. The minimum atomic E-state index is -0.391. The second kappa shape index (κ2) is 7.07. The summed E-state index contributed by atoms with van der Waals surface area (Å²) in [5.41, 5.74) is 6.15. The van der Waals surface area contributed by atoms with Crippen molar-refractivity contribution in [2.45, 2.75) is 13.3 Å². The number of carbonyl (C=O) groups is 1. The molecule has 0 saturated carbocycles. The Bertz CT molecular complexity index is 1370. The van der Waals surface area contributed by atoms with E-state index in [4.69, 9.17) is 4.74 Å². The summed E-state index contributed by atoms with van der Waals surface area (Å²) in [6, 6.07) is 17.8. The minimum absolute atomic E-state index is 0.000885. The molecule has 0 aliphatic carbocycles. The third-order valence-corrected chi connectivity index (χ3v) is 5.00. The lowest BCUT2D eigenvalue weighted by Crippen LogP contribution is -2.06. The first-order chi connectivity index (χ1) is 14.7. The number of fused-ring (bicyclic) bond motifs is 3. The number of para-hydroxylation sites is 1. The Labute approximate surface area is 171 Å². The molecule has 148 valence electrons. The second-order valence-corrected chi connectivity index (χ2v) is 6.98. The van der Waals surface area contributed by atoms with E-state index >= 15 is 0 Å². The zero-order valence-electron chi connectivity index (χ0n) is 16.5. The van der Waals surface area contributed by atoms with Gasteiger partial charge in [-0.3, -0.25) is 4.79 Å². The van der Waals surface area contributed by atoms with Gasteiger partial charge < -0.3 is 4.74 Å². The van der Waals surface area contributed by atoms with Gasteiger partial charge in [-0.25, -0.2) is 4.68 Å². The van der Waals surface area contributed by atoms with Crippen molar-refractivity contribution < 1.29 is 9.53 Å². The number of aryl methyl sites for hydroxylation is 1. The fourth-order valence-electron chi connectivity index (χ4n) is 3.44. The molecule has 0 aliphatic heterocycles. The van der Waals surface area contributed by atoms with Crippen LogP contribution in [0.2, 0.25) is 0 Å². The SMILES string of the molecule is COC(=O)Cc1nn(-c2ccccc2)c2c1nnc1c(-c3ccc(C)cc3)cnn12. The second-order valence-electron chi connectivity index (χ2n) is 6.98. The van der Waals surface area contributed by atoms with Crippen LogP contribution < -0.4 is 0 Å². The van der Waals surface area contributed by atoms with Crippen molar-refractivity contribution >= 4 is 22.8 Å². The van der Waals surface area contributed by atoms with E-state index in [0.29, 0.717) is 22.5 Å². The maximum absolute atomic E-state index is 11.9. The monoisotopic (exact) mass is 398 g/mol. The first kappa shape index (κ1) is 18.0. The molecule has 0 spiro atoms. The molecule has 0 atom stereocenters. The number of esters is 1. The van der Waals surface area contributed by atoms with Gasteiger partial charge in [0.2, 0.25) is 0 Å². The van der Waals surface area contributed by atoms with Crippen molar-refractivity contribution in [2.24, 2.45) is 0 Å². The average molecular weight is 398 g/mol. The van der Waals surface area contributed by atoms with Crippen LogP contribution in [0.5, 0.6) is 0 Å². The summed E-state index contributed by atoms with van der Waals surface area (Å²) < 4.78 is 8.28. The maximum atomic E-state index is 11.9. The third kappa shape index (κ3) is 2.89. The van der Waals surface area contributed by atoms with Crippen molar-refractivity contribution in [3.05, 3.63) is 72.1 Å². The highest BCUT2D eigenvalue weighted by atomic mass is 16.5. The molecule has 3 heterocycles. The fraction of sp³-hybridized carbons (Fsp3) is 0.136. The lowest BCUT2D eigenvalue weighted by atomic mass is 10.1. The molecule has 8 nitrogen and oxygen atoms in total. The summed E-state index contributed by atoms with van der Waals surface area (Å²) in [5, 5.41) is 18.1. The molecule has 5 aromatic rings. The number of hydrogen-bond acceptors (Lipinski definition) is 6. The predicted molar refractivity (Wildman–Crippen MR) is 111 cm³/mol. The number of benzene rings is 2. The first-order valence-corrected chi connectivity index (χ1v) is 9.47. The van der Waals surface area contributed by atoms with Gasteiger partial charge in [0.1, 0.15) is 5.69 Å². The Hall–Kier alpha value is -4.07. The predicted octanol–water partition coefficient (Wildman–Crippen LogP) is 3.15. The van der Waals surface area contributed by atoms with Crippen LogP contribution in [0.15, 0.2) is 60.8 Å². The Morgan fingerprint density at radius 3 is 2.53 bits per heavy atom. The van der Waals surface area contributed by atoms with Crippen molar-refractivity contribution in [3.63, 3.8) is 0 Å². The van der Waals surface area contributed by atoms with Crippen LogP contribution >= 0.6 is 0 Å². The maximum Gasteiger partial charge on any atom is 0.311 e. The Morgan fingerprint density at radius 2 is 1.80 bits per heavy atom. The van der Waals surface area contributed by atoms with Gasteiger partial charge in [-0.2, -0.15) is 14.7 Å². The van der Waals surface area contributed by atoms with E-state index in [-0.39, 0.29) is 6.42 Å². The number of ether oxygens (including phenoxy) is 1. The van der Waals surface area contributed by atoms with Gasteiger partial charge >= 0.3 is 5.97 Å². The van der Waals surface area contributed by atoms with E-state index in [0.717, 1.165) is 16.8 Å². The molecule has 0 bridgehead atoms.